The number of ether oxygens (including phenoxy) is 3. The van der Waals surface area contributed by atoms with Gasteiger partial charge in [-0.3, -0.25) is 4.79 Å². The number of carbonyl (C=O) groups excluding carboxylic acids is 1. The van der Waals surface area contributed by atoms with E-state index in [1.807, 2.05) is 115 Å². The molecule has 0 heterocycles. The minimum atomic E-state index is -3.33. The zero-order valence-electron chi connectivity index (χ0n) is 21.7. The van der Waals surface area contributed by atoms with Crippen molar-refractivity contribution < 1.29 is 23.6 Å². The molecule has 6 heteroatoms. The highest BCUT2D eigenvalue weighted by molar-refractivity contribution is 7.79. The fourth-order valence-corrected chi connectivity index (χ4v) is 8.04. The van der Waals surface area contributed by atoms with Crippen molar-refractivity contribution in [3.8, 4) is 5.75 Å². The fraction of sp³-hybridized carbons (Fsp3) is 0.219. The summed E-state index contributed by atoms with van der Waals surface area (Å²) in [5, 5.41) is 1.43. The van der Waals surface area contributed by atoms with Gasteiger partial charge in [0, 0.05) is 24.1 Å². The number of carbonyl (C=O) groups is 1. The van der Waals surface area contributed by atoms with Gasteiger partial charge in [0.25, 0.3) is 0 Å². The summed E-state index contributed by atoms with van der Waals surface area (Å²) in [4.78, 5) is 12.4. The molecule has 2 atom stereocenters. The molecular formula is C32H33O5P. The van der Waals surface area contributed by atoms with Gasteiger partial charge in [-0.1, -0.05) is 103 Å². The molecule has 0 unspecified atom stereocenters. The van der Waals surface area contributed by atoms with Crippen LogP contribution in [0.5, 0.6) is 5.75 Å². The molecule has 4 aromatic rings. The Morgan fingerprint density at radius 1 is 0.763 bits per heavy atom. The van der Waals surface area contributed by atoms with E-state index in [0.29, 0.717) is 36.0 Å². The maximum atomic E-state index is 15.4. The van der Waals surface area contributed by atoms with Gasteiger partial charge < -0.3 is 18.8 Å². The first-order valence-electron chi connectivity index (χ1n) is 12.7. The van der Waals surface area contributed by atoms with Crippen LogP contribution in [0, 0.1) is 0 Å². The Hall–Kier alpha value is -3.66. The highest BCUT2D eigenvalue weighted by Gasteiger charge is 2.43. The Balaban J connectivity index is 1.78. The normalized spacial score (nSPS) is 12.9. The highest BCUT2D eigenvalue weighted by atomic mass is 31.2. The first-order chi connectivity index (χ1) is 18.5. The summed E-state index contributed by atoms with van der Waals surface area (Å²) in [6.07, 6.45) is -0.345. The molecular weight excluding hydrogens is 495 g/mol. The third kappa shape index (κ3) is 6.61. The van der Waals surface area contributed by atoms with E-state index in [1.165, 1.54) is 6.92 Å². The first-order valence-corrected chi connectivity index (χ1v) is 14.4. The van der Waals surface area contributed by atoms with E-state index in [2.05, 4.69) is 0 Å². The maximum absolute atomic E-state index is 15.4. The van der Waals surface area contributed by atoms with Crippen LogP contribution in [-0.4, -0.2) is 25.3 Å². The molecule has 38 heavy (non-hydrogen) atoms. The maximum Gasteiger partial charge on any atom is 0.303 e. The van der Waals surface area contributed by atoms with Gasteiger partial charge in [0.1, 0.15) is 19.0 Å². The Bertz CT molecular complexity index is 1280. The SMILES string of the molecule is COc1ccc([C@H](OC(C)=O)[C@@H](CCOCc2ccccc2)P(=O)(c2ccccc2)c2ccccc2)cc1. The Morgan fingerprint density at radius 3 is 1.79 bits per heavy atom. The van der Waals surface area contributed by atoms with E-state index in [9.17, 15) is 4.79 Å². The van der Waals surface area contributed by atoms with Gasteiger partial charge in [0.05, 0.1) is 19.4 Å². The number of rotatable bonds is 12. The van der Waals surface area contributed by atoms with Gasteiger partial charge in [-0.25, -0.2) is 0 Å². The van der Waals surface area contributed by atoms with Crippen LogP contribution >= 0.6 is 7.14 Å². The van der Waals surface area contributed by atoms with Gasteiger partial charge in [-0.15, -0.1) is 0 Å². The average Bonchev–Trinajstić information content (AvgIpc) is 2.97. The molecule has 0 amide bonds. The molecule has 0 aromatic heterocycles. The molecule has 196 valence electrons. The van der Waals surface area contributed by atoms with Crippen LogP contribution in [0.4, 0.5) is 0 Å². The third-order valence-corrected chi connectivity index (χ3v) is 10.1. The second-order valence-electron chi connectivity index (χ2n) is 9.03. The Labute approximate surface area is 224 Å². The van der Waals surface area contributed by atoms with Crippen LogP contribution in [0.15, 0.2) is 115 Å². The topological polar surface area (TPSA) is 61.8 Å². The van der Waals surface area contributed by atoms with Crippen LogP contribution in [0.25, 0.3) is 0 Å². The molecule has 0 radical (unpaired) electrons. The lowest BCUT2D eigenvalue weighted by Crippen LogP contribution is -2.33. The minimum absolute atomic E-state index is 0.344. The first kappa shape index (κ1) is 27.4. The largest absolute Gasteiger partial charge is 0.497 e. The molecule has 0 N–H and O–H groups in total. The van der Waals surface area contributed by atoms with Gasteiger partial charge in [-0.2, -0.15) is 0 Å². The summed E-state index contributed by atoms with van der Waals surface area (Å²) in [7, 11) is -1.73. The summed E-state index contributed by atoms with van der Waals surface area (Å²) in [5.74, 6) is 0.251. The predicted molar refractivity (Wildman–Crippen MR) is 152 cm³/mol. The van der Waals surface area contributed by atoms with Crippen molar-refractivity contribution in [3.63, 3.8) is 0 Å². The van der Waals surface area contributed by atoms with Crippen LogP contribution in [0.1, 0.15) is 30.6 Å². The zero-order valence-corrected chi connectivity index (χ0v) is 22.6. The monoisotopic (exact) mass is 528 g/mol. The van der Waals surface area contributed by atoms with Crippen LogP contribution < -0.4 is 15.3 Å². The van der Waals surface area contributed by atoms with Gasteiger partial charge >= 0.3 is 5.97 Å². The van der Waals surface area contributed by atoms with E-state index in [1.54, 1.807) is 7.11 Å². The zero-order chi connectivity index (χ0) is 26.8. The van der Waals surface area contributed by atoms with Crippen molar-refractivity contribution in [1.82, 2.24) is 0 Å². The summed E-state index contributed by atoms with van der Waals surface area (Å²) in [6.45, 7) is 2.17. The van der Waals surface area contributed by atoms with E-state index < -0.39 is 24.9 Å². The lowest BCUT2D eigenvalue weighted by Gasteiger charge is -2.34. The lowest BCUT2D eigenvalue weighted by molar-refractivity contribution is -0.147. The molecule has 0 saturated carbocycles. The quantitative estimate of drug-likeness (QED) is 0.123. The standard InChI is InChI=1S/C32H33O5P/c1-25(33)37-32(27-18-20-28(35-2)21-19-27)31(22-23-36-24-26-12-6-3-7-13-26)38(34,29-14-8-4-9-15-29)30-16-10-5-11-17-30/h3-21,31-32H,22-24H2,1-2H3/t31-,32+/m1/s1. The minimum Gasteiger partial charge on any atom is -0.497 e. The average molecular weight is 529 g/mol. The van der Waals surface area contributed by atoms with Crippen LogP contribution in [0.2, 0.25) is 0 Å². The van der Waals surface area contributed by atoms with E-state index in [4.69, 9.17) is 14.2 Å². The Kier molecular flexibility index (Phi) is 9.53. The van der Waals surface area contributed by atoms with Crippen molar-refractivity contribution >= 4 is 23.7 Å². The van der Waals surface area contributed by atoms with Crippen LogP contribution in [0.3, 0.4) is 0 Å². The molecule has 0 saturated heterocycles. The number of esters is 1. The molecule has 0 aliphatic rings. The van der Waals surface area contributed by atoms with Gasteiger partial charge in [0.15, 0.2) is 0 Å². The molecule has 0 bridgehead atoms. The highest BCUT2D eigenvalue weighted by Crippen LogP contribution is 2.55. The van der Waals surface area contributed by atoms with E-state index in [0.717, 1.165) is 11.1 Å². The van der Waals surface area contributed by atoms with Crippen molar-refractivity contribution in [2.45, 2.75) is 31.7 Å². The molecule has 5 nitrogen and oxygen atoms in total. The summed E-state index contributed by atoms with van der Waals surface area (Å²) in [6, 6.07) is 36.3. The molecule has 0 spiro atoms. The summed E-state index contributed by atoms with van der Waals surface area (Å²) >= 11 is 0. The fourth-order valence-electron chi connectivity index (χ4n) is 4.66. The molecule has 4 rings (SSSR count). The third-order valence-electron chi connectivity index (χ3n) is 6.50. The number of methoxy groups -OCH3 is 1. The van der Waals surface area contributed by atoms with Gasteiger partial charge in [-0.05, 0) is 29.7 Å². The van der Waals surface area contributed by atoms with Crippen LogP contribution in [-0.2, 0) is 25.4 Å². The van der Waals surface area contributed by atoms with Gasteiger partial charge in [0.2, 0.25) is 0 Å². The molecule has 4 aromatic carbocycles. The van der Waals surface area contributed by atoms with Crippen molar-refractivity contribution in [2.24, 2.45) is 0 Å². The van der Waals surface area contributed by atoms with Crippen molar-refractivity contribution in [1.29, 1.82) is 0 Å². The van der Waals surface area contributed by atoms with E-state index in [-0.39, 0.29) is 0 Å². The van der Waals surface area contributed by atoms with E-state index >= 15 is 4.57 Å². The lowest BCUT2D eigenvalue weighted by atomic mass is 10.0. The molecule has 0 aliphatic heterocycles. The summed E-state index contributed by atoms with van der Waals surface area (Å²) in [5.41, 5.74) is 1.24. The number of hydrogen-bond donors (Lipinski definition) is 0. The number of hydrogen-bond acceptors (Lipinski definition) is 5. The number of benzene rings is 4. The second kappa shape index (κ2) is 13.2. The smallest absolute Gasteiger partial charge is 0.303 e. The molecule has 0 fully saturated rings. The Morgan fingerprint density at radius 2 is 1.29 bits per heavy atom. The van der Waals surface area contributed by atoms with Crippen molar-refractivity contribution in [2.75, 3.05) is 13.7 Å². The second-order valence-corrected chi connectivity index (χ2v) is 12.0. The summed E-state index contributed by atoms with van der Waals surface area (Å²) < 4.78 is 32.8. The van der Waals surface area contributed by atoms with Crippen molar-refractivity contribution in [3.05, 3.63) is 126 Å². The predicted octanol–water partition coefficient (Wildman–Crippen LogP) is 6.29. The molecule has 0 aliphatic carbocycles.